The second kappa shape index (κ2) is 8.45. The van der Waals surface area contributed by atoms with E-state index in [0.29, 0.717) is 0 Å². The van der Waals surface area contributed by atoms with Gasteiger partial charge in [-0.05, 0) is 25.2 Å². The number of allylic oxidation sites excluding steroid dienone is 3. The topological polar surface area (TPSA) is 46.9 Å². The van der Waals surface area contributed by atoms with E-state index in [0.717, 1.165) is 43.3 Å². The van der Waals surface area contributed by atoms with Crippen molar-refractivity contribution >= 4 is 11.0 Å². The molecule has 0 spiro atoms. The van der Waals surface area contributed by atoms with Crippen molar-refractivity contribution in [1.82, 2.24) is 9.21 Å². The van der Waals surface area contributed by atoms with Crippen molar-refractivity contribution < 1.29 is 28.4 Å². The van der Waals surface area contributed by atoms with E-state index in [-0.39, 0.29) is 24.9 Å². The first kappa shape index (κ1) is 20.4. The Bertz CT molecular complexity index is 537. The smallest absolute Gasteiger partial charge is 0.659 e. The molecule has 1 radical (unpaired) electrons. The fourth-order valence-corrected chi connectivity index (χ4v) is 3.06. The van der Waals surface area contributed by atoms with E-state index in [1.165, 1.54) is 0 Å². The number of likely N-dealkylation sites (N-methyl/N-ethyl adjacent to an activating group) is 1. The molecule has 23 heavy (non-hydrogen) atoms. The van der Waals surface area contributed by atoms with Crippen molar-refractivity contribution in [2.24, 2.45) is 5.41 Å². The van der Waals surface area contributed by atoms with Gasteiger partial charge < -0.3 is 15.0 Å². The molecule has 2 aliphatic rings. The molecule has 1 heterocycles. The third kappa shape index (κ3) is 4.91. The van der Waals surface area contributed by atoms with Crippen molar-refractivity contribution in [2.75, 3.05) is 46.6 Å². The first-order valence-corrected chi connectivity index (χ1v) is 9.03. The molecule has 0 aromatic carbocycles. The van der Waals surface area contributed by atoms with Gasteiger partial charge in [0, 0.05) is 18.7 Å². The summed E-state index contributed by atoms with van der Waals surface area (Å²) < 4.78 is 19.5. The molecule has 0 amide bonds. The molecule has 0 saturated carbocycles. The zero-order chi connectivity index (χ0) is 16.3. The maximum absolute atomic E-state index is 12.0. The van der Waals surface area contributed by atoms with Gasteiger partial charge in [-0.1, -0.05) is 19.9 Å². The number of nitrogens with zero attached hydrogens (tertiary/aromatic N) is 3. The molecule has 5 nitrogen and oxygen atoms in total. The SMILES string of the molecule is COC1=C(N2CC[N-]CC2)C=CC(C)(C)C=C1N(C)S(C)=O.[Ru+]. The molecular weight excluding hydrogens is 399 g/mol. The molecule has 0 N–H and O–H groups in total. The van der Waals surface area contributed by atoms with Gasteiger partial charge in [0.15, 0.2) is 5.76 Å². The molecule has 0 bridgehead atoms. The molecule has 2 rings (SSSR count). The fraction of sp³-hybridized carbons (Fsp3) is 0.625. The van der Waals surface area contributed by atoms with Crippen LogP contribution in [0, 0.1) is 5.41 Å². The van der Waals surface area contributed by atoms with E-state index < -0.39 is 11.0 Å². The van der Waals surface area contributed by atoms with Crippen molar-refractivity contribution in [3.05, 3.63) is 40.7 Å². The number of ether oxygens (including phenoxy) is 1. The Morgan fingerprint density at radius 3 is 2.48 bits per heavy atom. The molecular formula is C16H26N3O2RuS. The zero-order valence-corrected chi connectivity index (χ0v) is 17.0. The summed E-state index contributed by atoms with van der Waals surface area (Å²) in [6.45, 7) is 7.73. The molecule has 1 atom stereocenters. The molecule has 1 unspecified atom stereocenters. The second-order valence-corrected chi connectivity index (χ2v) is 7.58. The van der Waals surface area contributed by atoms with Crippen molar-refractivity contribution in [3.8, 4) is 0 Å². The van der Waals surface area contributed by atoms with Crippen LogP contribution in [0.4, 0.5) is 0 Å². The van der Waals surface area contributed by atoms with Gasteiger partial charge in [-0.3, -0.25) is 4.31 Å². The summed E-state index contributed by atoms with van der Waals surface area (Å²) in [5.41, 5.74) is 1.79. The number of methoxy groups -OCH3 is 1. The van der Waals surface area contributed by atoms with E-state index in [2.05, 4.69) is 42.3 Å². The Morgan fingerprint density at radius 1 is 1.35 bits per heavy atom. The molecule has 1 aliphatic heterocycles. The maximum Gasteiger partial charge on any atom is 1.00 e. The first-order valence-electron chi connectivity index (χ1n) is 7.52. The van der Waals surface area contributed by atoms with E-state index >= 15 is 0 Å². The van der Waals surface area contributed by atoms with Crippen molar-refractivity contribution in [3.63, 3.8) is 0 Å². The summed E-state index contributed by atoms with van der Waals surface area (Å²) >= 11 is 0. The summed E-state index contributed by atoms with van der Waals surface area (Å²) in [4.78, 5) is 2.30. The Kier molecular flexibility index (Phi) is 7.49. The summed E-state index contributed by atoms with van der Waals surface area (Å²) in [5, 5.41) is 4.40. The van der Waals surface area contributed by atoms with Crippen LogP contribution in [0.1, 0.15) is 13.8 Å². The Morgan fingerprint density at radius 2 is 1.96 bits per heavy atom. The Balaban J connectivity index is 0.00000264. The number of rotatable bonds is 4. The standard InChI is InChI=1S/C16H26N3O2S.Ru/c1-16(2)7-6-13(19-10-8-17-9-11-19)15(21-4)14(12-16)18(3)22(5)20;/h6-7,12H,8-11H2,1-5H3;/q-1;+1. The quantitative estimate of drug-likeness (QED) is 0.649. The van der Waals surface area contributed by atoms with Crippen LogP contribution >= 0.6 is 0 Å². The molecule has 1 aliphatic carbocycles. The van der Waals surface area contributed by atoms with Gasteiger partial charge in [0.05, 0.1) is 18.5 Å². The minimum Gasteiger partial charge on any atom is -0.659 e. The fourth-order valence-electron chi connectivity index (χ4n) is 2.64. The molecule has 7 heteroatoms. The van der Waals surface area contributed by atoms with E-state index in [1.54, 1.807) is 17.7 Å². The molecule has 1 saturated heterocycles. The number of hydrogen-bond donors (Lipinski definition) is 0. The van der Waals surface area contributed by atoms with Gasteiger partial charge in [0.2, 0.25) is 0 Å². The maximum atomic E-state index is 12.0. The second-order valence-electron chi connectivity index (χ2n) is 6.18. The van der Waals surface area contributed by atoms with Crippen LogP contribution in [0.2, 0.25) is 0 Å². The molecule has 0 aromatic rings. The monoisotopic (exact) mass is 426 g/mol. The van der Waals surface area contributed by atoms with Gasteiger partial charge in [0.1, 0.15) is 11.0 Å². The largest absolute Gasteiger partial charge is 1.00 e. The van der Waals surface area contributed by atoms with Crippen LogP contribution in [-0.2, 0) is 35.2 Å². The van der Waals surface area contributed by atoms with E-state index in [4.69, 9.17) is 4.74 Å². The normalized spacial score (nSPS) is 22.0. The van der Waals surface area contributed by atoms with E-state index in [9.17, 15) is 4.21 Å². The third-order valence-corrected chi connectivity index (χ3v) is 4.94. The van der Waals surface area contributed by atoms with E-state index in [1.807, 2.05) is 7.05 Å². The summed E-state index contributed by atoms with van der Waals surface area (Å²) in [6, 6.07) is 0. The average Bonchev–Trinajstić information content (AvgIpc) is 2.62. The third-order valence-electron chi connectivity index (χ3n) is 3.97. The van der Waals surface area contributed by atoms with Gasteiger partial charge in [-0.25, -0.2) is 4.21 Å². The molecule has 0 aromatic heterocycles. The minimum atomic E-state index is -1.10. The van der Waals surface area contributed by atoms with Crippen LogP contribution in [0.25, 0.3) is 5.32 Å². The van der Waals surface area contributed by atoms with Gasteiger partial charge in [-0.15, -0.1) is 13.1 Å². The minimum absolute atomic E-state index is 0. The van der Waals surface area contributed by atoms with Crippen LogP contribution in [0.15, 0.2) is 35.4 Å². The van der Waals surface area contributed by atoms with Crippen LogP contribution in [0.5, 0.6) is 0 Å². The number of hydrogen-bond acceptors (Lipinski definition) is 3. The predicted octanol–water partition coefficient (Wildman–Crippen LogP) is 2.24. The van der Waals surface area contributed by atoms with Gasteiger partial charge >= 0.3 is 19.5 Å². The Hall–Kier alpha value is -0.647. The van der Waals surface area contributed by atoms with Crippen LogP contribution < -0.4 is 0 Å². The summed E-state index contributed by atoms with van der Waals surface area (Å²) in [7, 11) is 2.41. The van der Waals surface area contributed by atoms with Gasteiger partial charge in [-0.2, -0.15) is 0 Å². The zero-order valence-electron chi connectivity index (χ0n) is 14.5. The Labute approximate surface area is 155 Å². The average molecular weight is 426 g/mol. The summed E-state index contributed by atoms with van der Waals surface area (Å²) in [6.07, 6.45) is 8.09. The predicted molar refractivity (Wildman–Crippen MR) is 91.5 cm³/mol. The van der Waals surface area contributed by atoms with Crippen LogP contribution in [-0.4, -0.2) is 60.0 Å². The molecule has 131 valence electrons. The van der Waals surface area contributed by atoms with Crippen molar-refractivity contribution in [1.29, 1.82) is 0 Å². The number of piperazine rings is 1. The first-order chi connectivity index (χ1) is 10.4. The van der Waals surface area contributed by atoms with Crippen molar-refractivity contribution in [2.45, 2.75) is 13.8 Å². The van der Waals surface area contributed by atoms with Crippen LogP contribution in [0.3, 0.4) is 0 Å². The summed E-state index contributed by atoms with van der Waals surface area (Å²) in [5.74, 6) is 0.779. The molecule has 1 fully saturated rings. The van der Waals surface area contributed by atoms with Gasteiger partial charge in [0.25, 0.3) is 0 Å².